The third kappa shape index (κ3) is 3.64. The fourth-order valence-corrected chi connectivity index (χ4v) is 3.08. The average Bonchev–Trinajstić information content (AvgIpc) is 2.70. The van der Waals surface area contributed by atoms with Crippen molar-refractivity contribution in [2.24, 2.45) is 0 Å². The van der Waals surface area contributed by atoms with E-state index >= 15 is 0 Å². The zero-order valence-electron chi connectivity index (χ0n) is 15.1. The summed E-state index contributed by atoms with van der Waals surface area (Å²) in [5.74, 6) is 2.13. The van der Waals surface area contributed by atoms with Crippen LogP contribution in [0.2, 0.25) is 0 Å². The molecule has 6 nitrogen and oxygen atoms in total. The lowest BCUT2D eigenvalue weighted by molar-refractivity contribution is 0.0958. The number of carbonyl (C=O) groups is 1. The molecule has 2 aromatic rings. The highest BCUT2D eigenvalue weighted by molar-refractivity contribution is 5.94. The van der Waals surface area contributed by atoms with Crippen LogP contribution in [0.25, 0.3) is 0 Å². The zero-order chi connectivity index (χ0) is 18.5. The molecular formula is C20H23N3O3. The number of rotatable bonds is 6. The molecule has 0 atom stereocenters. The van der Waals surface area contributed by atoms with Crippen molar-refractivity contribution in [2.45, 2.75) is 13.0 Å². The number of nitrogens with one attached hydrogen (secondary N) is 1. The van der Waals surface area contributed by atoms with Crippen LogP contribution in [0.4, 0.5) is 5.82 Å². The molecule has 1 aliphatic rings. The average molecular weight is 353 g/mol. The summed E-state index contributed by atoms with van der Waals surface area (Å²) in [6.45, 7) is 5.59. The number of fused-ring (bicyclic) bond motifs is 1. The number of hydrogen-bond acceptors (Lipinski definition) is 5. The highest BCUT2D eigenvalue weighted by Gasteiger charge is 2.21. The summed E-state index contributed by atoms with van der Waals surface area (Å²) in [7, 11) is 3.28. The van der Waals surface area contributed by atoms with E-state index in [1.54, 1.807) is 32.6 Å². The van der Waals surface area contributed by atoms with Crippen LogP contribution < -0.4 is 19.7 Å². The maximum absolute atomic E-state index is 12.2. The molecule has 26 heavy (non-hydrogen) atoms. The van der Waals surface area contributed by atoms with Gasteiger partial charge in [0, 0.05) is 31.4 Å². The van der Waals surface area contributed by atoms with E-state index in [0.717, 1.165) is 30.3 Å². The number of carbonyl (C=O) groups excluding carboxylic acids is 1. The number of aromatic nitrogens is 1. The summed E-state index contributed by atoms with van der Waals surface area (Å²) in [4.78, 5) is 18.8. The topological polar surface area (TPSA) is 63.7 Å². The molecule has 1 aromatic heterocycles. The van der Waals surface area contributed by atoms with E-state index in [4.69, 9.17) is 9.47 Å². The Morgan fingerprint density at radius 2 is 2.00 bits per heavy atom. The first-order chi connectivity index (χ1) is 12.7. The minimum atomic E-state index is -0.127. The highest BCUT2D eigenvalue weighted by atomic mass is 16.5. The first kappa shape index (κ1) is 17.8. The molecule has 0 saturated carbocycles. The van der Waals surface area contributed by atoms with Crippen molar-refractivity contribution in [3.63, 3.8) is 0 Å². The standard InChI is InChI=1S/C20H23N3O3/c1-4-7-22-20(24)15-5-8-21-19(12-15)23-9-6-14-10-17(25-2)18(26-3)11-16(14)13-23/h4-5,8,10-12H,1,6-7,9,13H2,2-3H3,(H,22,24). The summed E-state index contributed by atoms with van der Waals surface area (Å²) in [5.41, 5.74) is 3.02. The molecule has 0 aliphatic carbocycles. The smallest absolute Gasteiger partial charge is 0.251 e. The lowest BCUT2D eigenvalue weighted by Crippen LogP contribution is -2.31. The van der Waals surface area contributed by atoms with Crippen LogP contribution in [0.5, 0.6) is 11.5 Å². The Kier molecular flexibility index (Phi) is 5.41. The summed E-state index contributed by atoms with van der Waals surface area (Å²) in [6.07, 6.45) is 4.20. The van der Waals surface area contributed by atoms with Gasteiger partial charge in [0.05, 0.1) is 14.2 Å². The van der Waals surface area contributed by atoms with E-state index in [9.17, 15) is 4.79 Å². The van der Waals surface area contributed by atoms with Crippen molar-refractivity contribution < 1.29 is 14.3 Å². The van der Waals surface area contributed by atoms with Crippen LogP contribution in [-0.2, 0) is 13.0 Å². The normalized spacial score (nSPS) is 12.9. The summed E-state index contributed by atoms with van der Waals surface area (Å²) in [6, 6.07) is 7.59. The Labute approximate surface area is 153 Å². The van der Waals surface area contributed by atoms with Gasteiger partial charge in [-0.3, -0.25) is 4.79 Å². The molecule has 0 unspecified atom stereocenters. The minimum absolute atomic E-state index is 0.127. The Bertz CT molecular complexity index is 820. The monoisotopic (exact) mass is 353 g/mol. The molecule has 1 N–H and O–H groups in total. The second-order valence-corrected chi connectivity index (χ2v) is 6.05. The van der Waals surface area contributed by atoms with Crippen molar-refractivity contribution in [3.05, 3.63) is 59.8 Å². The molecule has 1 aliphatic heterocycles. The van der Waals surface area contributed by atoms with Gasteiger partial charge in [0.25, 0.3) is 5.91 Å². The first-order valence-electron chi connectivity index (χ1n) is 8.50. The number of ether oxygens (including phenoxy) is 2. The number of nitrogens with zero attached hydrogens (tertiary/aromatic N) is 2. The van der Waals surface area contributed by atoms with Gasteiger partial charge in [0.1, 0.15) is 5.82 Å². The lowest BCUT2D eigenvalue weighted by atomic mass is 9.98. The van der Waals surface area contributed by atoms with Gasteiger partial charge in [-0.25, -0.2) is 4.98 Å². The van der Waals surface area contributed by atoms with Crippen LogP contribution in [0.15, 0.2) is 43.1 Å². The van der Waals surface area contributed by atoms with Gasteiger partial charge in [-0.15, -0.1) is 6.58 Å². The molecule has 0 bridgehead atoms. The van der Waals surface area contributed by atoms with Gasteiger partial charge in [-0.2, -0.15) is 0 Å². The van der Waals surface area contributed by atoms with Gasteiger partial charge in [-0.1, -0.05) is 6.08 Å². The molecule has 1 aromatic carbocycles. The minimum Gasteiger partial charge on any atom is -0.493 e. The summed E-state index contributed by atoms with van der Waals surface area (Å²) in [5, 5.41) is 2.79. The molecule has 0 fully saturated rings. The fourth-order valence-electron chi connectivity index (χ4n) is 3.08. The number of methoxy groups -OCH3 is 2. The maximum atomic E-state index is 12.2. The van der Waals surface area contributed by atoms with Crippen molar-refractivity contribution in [1.29, 1.82) is 0 Å². The Balaban J connectivity index is 1.82. The first-order valence-corrected chi connectivity index (χ1v) is 8.50. The molecular weight excluding hydrogens is 330 g/mol. The summed E-state index contributed by atoms with van der Waals surface area (Å²) < 4.78 is 10.8. The molecule has 2 heterocycles. The Morgan fingerprint density at radius 3 is 2.69 bits per heavy atom. The molecule has 0 saturated heterocycles. The zero-order valence-corrected chi connectivity index (χ0v) is 15.1. The van der Waals surface area contributed by atoms with Gasteiger partial charge in [-0.05, 0) is 41.8 Å². The third-order valence-electron chi connectivity index (χ3n) is 4.46. The predicted molar refractivity (Wildman–Crippen MR) is 101 cm³/mol. The van der Waals surface area contributed by atoms with E-state index in [1.807, 2.05) is 18.2 Å². The van der Waals surface area contributed by atoms with Gasteiger partial charge < -0.3 is 19.7 Å². The third-order valence-corrected chi connectivity index (χ3v) is 4.46. The fraction of sp³-hybridized carbons (Fsp3) is 0.300. The van der Waals surface area contributed by atoms with Crippen molar-refractivity contribution in [2.75, 3.05) is 32.2 Å². The van der Waals surface area contributed by atoms with Gasteiger partial charge in [0.2, 0.25) is 0 Å². The molecule has 6 heteroatoms. The number of amides is 1. The number of pyridine rings is 1. The van der Waals surface area contributed by atoms with Crippen LogP contribution in [0.1, 0.15) is 21.5 Å². The molecule has 136 valence electrons. The van der Waals surface area contributed by atoms with E-state index in [0.29, 0.717) is 18.7 Å². The number of hydrogen-bond donors (Lipinski definition) is 1. The maximum Gasteiger partial charge on any atom is 0.251 e. The van der Waals surface area contributed by atoms with Crippen LogP contribution in [0.3, 0.4) is 0 Å². The Morgan fingerprint density at radius 1 is 1.27 bits per heavy atom. The van der Waals surface area contributed by atoms with E-state index in [1.165, 1.54) is 11.1 Å². The second kappa shape index (κ2) is 7.91. The molecule has 0 spiro atoms. The van der Waals surface area contributed by atoms with Crippen molar-refractivity contribution in [3.8, 4) is 11.5 Å². The highest BCUT2D eigenvalue weighted by Crippen LogP contribution is 2.34. The number of benzene rings is 1. The lowest BCUT2D eigenvalue weighted by Gasteiger charge is -2.30. The van der Waals surface area contributed by atoms with E-state index in [-0.39, 0.29) is 5.91 Å². The molecule has 0 radical (unpaired) electrons. The molecule has 3 rings (SSSR count). The quantitative estimate of drug-likeness (QED) is 0.809. The largest absolute Gasteiger partial charge is 0.493 e. The van der Waals surface area contributed by atoms with Crippen LogP contribution >= 0.6 is 0 Å². The Hall–Kier alpha value is -3.02. The van der Waals surface area contributed by atoms with Crippen molar-refractivity contribution >= 4 is 11.7 Å². The number of anilines is 1. The predicted octanol–water partition coefficient (Wildman–Crippen LogP) is 2.58. The van der Waals surface area contributed by atoms with Crippen LogP contribution in [-0.4, -0.2) is 38.2 Å². The SMILES string of the molecule is C=CCNC(=O)c1ccnc(N2CCc3cc(OC)c(OC)cc3C2)c1. The van der Waals surface area contributed by atoms with E-state index in [2.05, 4.69) is 21.8 Å². The van der Waals surface area contributed by atoms with Crippen LogP contribution in [0, 0.1) is 0 Å². The van der Waals surface area contributed by atoms with Gasteiger partial charge in [0.15, 0.2) is 11.5 Å². The molecule has 1 amide bonds. The second-order valence-electron chi connectivity index (χ2n) is 6.05. The van der Waals surface area contributed by atoms with Gasteiger partial charge >= 0.3 is 0 Å². The van der Waals surface area contributed by atoms with E-state index < -0.39 is 0 Å². The summed E-state index contributed by atoms with van der Waals surface area (Å²) >= 11 is 0. The van der Waals surface area contributed by atoms with Crippen molar-refractivity contribution in [1.82, 2.24) is 10.3 Å².